The Labute approximate surface area is 182 Å². The number of benzene rings is 3. The van der Waals surface area contributed by atoms with Crippen molar-refractivity contribution in [2.24, 2.45) is 7.05 Å². The van der Waals surface area contributed by atoms with Gasteiger partial charge in [0.25, 0.3) is 0 Å². The fourth-order valence-electron chi connectivity index (χ4n) is 3.86. The van der Waals surface area contributed by atoms with Crippen LogP contribution in [0.25, 0.3) is 17.1 Å². The summed E-state index contributed by atoms with van der Waals surface area (Å²) in [7, 11) is 4.10. The first-order valence-corrected chi connectivity index (χ1v) is 10.3. The van der Waals surface area contributed by atoms with Crippen LogP contribution in [0, 0.1) is 0 Å². The van der Waals surface area contributed by atoms with E-state index >= 15 is 0 Å². The van der Waals surface area contributed by atoms with E-state index < -0.39 is 0 Å². The standard InChI is InChI=1S/C26H24N4O/c1-28-15-14-27-26(28)21-10-6-12-23(16-21)31-24-13-7-11-22(17-24)30-18-25(29(2)19-30)20-8-4-3-5-9-20/h3-18H,19H2,1-2H3. The predicted octanol–water partition coefficient (Wildman–Crippen LogP) is 5.59. The lowest BCUT2D eigenvalue weighted by Crippen LogP contribution is -2.22. The molecule has 0 fully saturated rings. The van der Waals surface area contributed by atoms with Crippen LogP contribution < -0.4 is 9.64 Å². The maximum absolute atomic E-state index is 6.20. The molecule has 5 rings (SSSR count). The number of aromatic nitrogens is 2. The summed E-state index contributed by atoms with van der Waals surface area (Å²) in [5.41, 5.74) is 4.54. The van der Waals surface area contributed by atoms with Crippen LogP contribution in [0.5, 0.6) is 11.5 Å². The van der Waals surface area contributed by atoms with Crippen LogP contribution in [-0.4, -0.2) is 28.2 Å². The number of anilines is 1. The Kier molecular flexibility index (Phi) is 4.92. The van der Waals surface area contributed by atoms with Crippen LogP contribution in [-0.2, 0) is 7.05 Å². The maximum atomic E-state index is 6.20. The van der Waals surface area contributed by atoms with Gasteiger partial charge in [0.2, 0.25) is 0 Å². The van der Waals surface area contributed by atoms with E-state index in [2.05, 4.69) is 64.4 Å². The van der Waals surface area contributed by atoms with E-state index in [-0.39, 0.29) is 0 Å². The summed E-state index contributed by atoms with van der Waals surface area (Å²) in [5.74, 6) is 2.51. The van der Waals surface area contributed by atoms with Gasteiger partial charge in [0.1, 0.15) is 17.3 Å². The van der Waals surface area contributed by atoms with Crippen LogP contribution in [0.15, 0.2) is 97.5 Å². The van der Waals surface area contributed by atoms with Gasteiger partial charge in [0.05, 0.1) is 12.4 Å². The highest BCUT2D eigenvalue weighted by atomic mass is 16.5. The molecule has 154 valence electrons. The zero-order valence-electron chi connectivity index (χ0n) is 17.6. The van der Waals surface area contributed by atoms with E-state index in [1.54, 1.807) is 6.20 Å². The van der Waals surface area contributed by atoms with Crippen molar-refractivity contribution < 1.29 is 4.74 Å². The first-order valence-electron chi connectivity index (χ1n) is 10.3. The van der Waals surface area contributed by atoms with Crippen LogP contribution in [0.1, 0.15) is 5.56 Å². The average Bonchev–Trinajstić information content (AvgIpc) is 3.40. The Bertz CT molecular complexity index is 1230. The second kappa shape index (κ2) is 8.03. The first kappa shape index (κ1) is 19.0. The molecule has 0 unspecified atom stereocenters. The van der Waals surface area contributed by atoms with E-state index in [4.69, 9.17) is 4.74 Å². The zero-order valence-corrected chi connectivity index (χ0v) is 17.6. The Morgan fingerprint density at radius 1 is 0.806 bits per heavy atom. The molecule has 0 radical (unpaired) electrons. The molecule has 0 atom stereocenters. The largest absolute Gasteiger partial charge is 0.457 e. The monoisotopic (exact) mass is 408 g/mol. The van der Waals surface area contributed by atoms with Crippen LogP contribution in [0.3, 0.4) is 0 Å². The molecule has 1 aliphatic heterocycles. The summed E-state index contributed by atoms with van der Waals surface area (Å²) in [5, 5.41) is 0. The van der Waals surface area contributed by atoms with E-state index in [0.717, 1.165) is 35.2 Å². The highest BCUT2D eigenvalue weighted by Crippen LogP contribution is 2.32. The number of rotatable bonds is 5. The van der Waals surface area contributed by atoms with E-state index in [0.29, 0.717) is 0 Å². The molecule has 1 aliphatic rings. The van der Waals surface area contributed by atoms with Crippen LogP contribution in [0.4, 0.5) is 5.69 Å². The van der Waals surface area contributed by atoms with Gasteiger partial charge >= 0.3 is 0 Å². The highest BCUT2D eigenvalue weighted by Gasteiger charge is 2.20. The average molecular weight is 409 g/mol. The first-order chi connectivity index (χ1) is 15.2. The van der Waals surface area contributed by atoms with Gasteiger partial charge in [-0.25, -0.2) is 4.98 Å². The molecule has 0 saturated carbocycles. The summed E-state index contributed by atoms with van der Waals surface area (Å²) >= 11 is 0. The highest BCUT2D eigenvalue weighted by molar-refractivity contribution is 5.71. The number of hydrogen-bond donors (Lipinski definition) is 0. The van der Waals surface area contributed by atoms with Crippen molar-refractivity contribution in [3.8, 4) is 22.9 Å². The smallest absolute Gasteiger partial charge is 0.139 e. The van der Waals surface area contributed by atoms with Crippen molar-refractivity contribution >= 4 is 11.4 Å². The number of hydrogen-bond acceptors (Lipinski definition) is 4. The Morgan fingerprint density at radius 2 is 1.55 bits per heavy atom. The van der Waals surface area contributed by atoms with Gasteiger partial charge in [-0.2, -0.15) is 0 Å². The third-order valence-electron chi connectivity index (χ3n) is 5.42. The topological polar surface area (TPSA) is 33.5 Å². The van der Waals surface area contributed by atoms with Gasteiger partial charge in [-0.05, 0) is 29.8 Å². The zero-order chi connectivity index (χ0) is 21.2. The fraction of sp³-hybridized carbons (Fsp3) is 0.115. The minimum atomic E-state index is 0.789. The normalized spacial score (nSPS) is 13.4. The fourth-order valence-corrected chi connectivity index (χ4v) is 3.86. The van der Waals surface area contributed by atoms with Crippen molar-refractivity contribution in [2.75, 3.05) is 18.6 Å². The molecule has 0 aliphatic carbocycles. The van der Waals surface area contributed by atoms with Gasteiger partial charge in [0, 0.05) is 50.0 Å². The SMILES string of the molecule is CN1CN(c2cccc(Oc3cccc(-c4nccn4C)c3)c2)C=C1c1ccccc1. The molecule has 1 aromatic heterocycles. The number of imidazole rings is 1. The minimum Gasteiger partial charge on any atom is -0.457 e. The van der Waals surface area contributed by atoms with Gasteiger partial charge < -0.3 is 19.1 Å². The van der Waals surface area contributed by atoms with Gasteiger partial charge in [0.15, 0.2) is 0 Å². The third kappa shape index (κ3) is 3.90. The molecule has 3 aromatic carbocycles. The van der Waals surface area contributed by atoms with Gasteiger partial charge in [-0.15, -0.1) is 0 Å². The second-order valence-electron chi connectivity index (χ2n) is 7.68. The summed E-state index contributed by atoms with van der Waals surface area (Å²) < 4.78 is 8.20. The molecular weight excluding hydrogens is 384 g/mol. The Hall–Kier alpha value is -3.99. The lowest BCUT2D eigenvalue weighted by molar-refractivity contribution is 0.482. The van der Waals surface area contributed by atoms with Crippen molar-refractivity contribution in [1.29, 1.82) is 0 Å². The molecule has 0 spiro atoms. The van der Waals surface area contributed by atoms with Crippen LogP contribution in [0.2, 0.25) is 0 Å². The molecule has 31 heavy (non-hydrogen) atoms. The summed E-state index contributed by atoms with van der Waals surface area (Å²) in [4.78, 5) is 8.91. The number of nitrogens with zero attached hydrogens (tertiary/aromatic N) is 4. The van der Waals surface area contributed by atoms with Crippen molar-refractivity contribution in [2.45, 2.75) is 0 Å². The number of ether oxygens (including phenoxy) is 1. The van der Waals surface area contributed by atoms with Crippen LogP contribution >= 0.6 is 0 Å². The quantitative estimate of drug-likeness (QED) is 0.431. The molecular formula is C26H24N4O. The van der Waals surface area contributed by atoms with E-state index in [1.165, 1.54) is 11.3 Å². The number of aryl methyl sites for hydroxylation is 1. The maximum Gasteiger partial charge on any atom is 0.139 e. The summed E-state index contributed by atoms with van der Waals surface area (Å²) in [6.07, 6.45) is 5.93. The molecule has 0 bridgehead atoms. The molecule has 0 saturated heterocycles. The van der Waals surface area contributed by atoms with Gasteiger partial charge in [-0.3, -0.25) is 0 Å². The van der Waals surface area contributed by atoms with E-state index in [1.807, 2.05) is 60.3 Å². The molecule has 2 heterocycles. The lowest BCUT2D eigenvalue weighted by Gasteiger charge is -2.20. The van der Waals surface area contributed by atoms with Crippen molar-refractivity contribution in [3.63, 3.8) is 0 Å². The molecule has 5 heteroatoms. The molecule has 0 N–H and O–H groups in total. The minimum absolute atomic E-state index is 0.789. The molecule has 0 amide bonds. The third-order valence-corrected chi connectivity index (χ3v) is 5.42. The van der Waals surface area contributed by atoms with Crippen molar-refractivity contribution in [3.05, 3.63) is 103 Å². The summed E-state index contributed by atoms with van der Waals surface area (Å²) in [6, 6.07) is 26.7. The Balaban J connectivity index is 1.38. The van der Waals surface area contributed by atoms with Crippen molar-refractivity contribution in [1.82, 2.24) is 14.5 Å². The molecule has 4 aromatic rings. The van der Waals surface area contributed by atoms with E-state index in [9.17, 15) is 0 Å². The lowest BCUT2D eigenvalue weighted by atomic mass is 10.1. The Morgan fingerprint density at radius 3 is 2.32 bits per heavy atom. The van der Waals surface area contributed by atoms with Gasteiger partial charge in [-0.1, -0.05) is 48.5 Å². The summed E-state index contributed by atoms with van der Waals surface area (Å²) in [6.45, 7) is 0.794. The predicted molar refractivity (Wildman–Crippen MR) is 125 cm³/mol. The molecule has 5 nitrogen and oxygen atoms in total. The second-order valence-corrected chi connectivity index (χ2v) is 7.68.